The molecule has 0 aromatic heterocycles. The molecule has 19 heavy (non-hydrogen) atoms. The predicted octanol–water partition coefficient (Wildman–Crippen LogP) is 1.62. The van der Waals surface area contributed by atoms with E-state index in [-0.39, 0.29) is 12.4 Å². The van der Waals surface area contributed by atoms with E-state index in [0.29, 0.717) is 30.1 Å². The van der Waals surface area contributed by atoms with E-state index < -0.39 is 10.0 Å². The molecule has 0 amide bonds. The van der Waals surface area contributed by atoms with Gasteiger partial charge in [-0.1, -0.05) is 18.2 Å². The molecule has 3 rings (SSSR count). The van der Waals surface area contributed by atoms with Crippen molar-refractivity contribution in [2.24, 2.45) is 0 Å². The van der Waals surface area contributed by atoms with Gasteiger partial charge in [0.2, 0.25) is 10.0 Å². The molecule has 2 fully saturated rings. The molecule has 0 spiro atoms. The minimum absolute atomic E-state index is 0. The zero-order chi connectivity index (χ0) is 12.6. The van der Waals surface area contributed by atoms with Gasteiger partial charge in [-0.3, -0.25) is 0 Å². The summed E-state index contributed by atoms with van der Waals surface area (Å²) >= 11 is 0. The van der Waals surface area contributed by atoms with E-state index in [1.165, 1.54) is 6.42 Å². The van der Waals surface area contributed by atoms with E-state index >= 15 is 0 Å². The third-order valence-corrected chi connectivity index (χ3v) is 5.75. The largest absolute Gasteiger partial charge is 0.310 e. The minimum Gasteiger partial charge on any atom is -0.310 e. The molecular weight excluding hydrogens is 284 g/mol. The Hall–Kier alpha value is -0.620. The van der Waals surface area contributed by atoms with Gasteiger partial charge in [0.1, 0.15) is 0 Å². The van der Waals surface area contributed by atoms with Crippen LogP contribution < -0.4 is 5.32 Å². The first-order valence-electron chi connectivity index (χ1n) is 6.47. The molecule has 2 saturated heterocycles. The third-order valence-electron chi connectivity index (χ3n) is 3.87. The Morgan fingerprint density at radius 3 is 2.47 bits per heavy atom. The van der Waals surface area contributed by atoms with Crippen LogP contribution in [0.15, 0.2) is 35.2 Å². The number of fused-ring (bicyclic) bond motifs is 2. The summed E-state index contributed by atoms with van der Waals surface area (Å²) < 4.78 is 26.7. The molecule has 1 aromatic carbocycles. The molecule has 6 heteroatoms. The molecule has 0 saturated carbocycles. The van der Waals surface area contributed by atoms with E-state index in [1.54, 1.807) is 28.6 Å². The van der Waals surface area contributed by atoms with Crippen LogP contribution in [0.4, 0.5) is 0 Å². The summed E-state index contributed by atoms with van der Waals surface area (Å²) in [5, 5.41) is 3.50. The lowest BCUT2D eigenvalue weighted by Crippen LogP contribution is -2.38. The summed E-state index contributed by atoms with van der Waals surface area (Å²) in [6, 6.07) is 9.56. The molecule has 4 nitrogen and oxygen atoms in total. The SMILES string of the molecule is Cl.O=S(=O)(c1ccccc1)N1CCC2CCC(C1)N2. The van der Waals surface area contributed by atoms with Crippen molar-refractivity contribution in [2.45, 2.75) is 36.2 Å². The molecule has 2 aliphatic heterocycles. The molecule has 2 aliphatic rings. The Bertz CT molecular complexity index is 521. The molecule has 106 valence electrons. The van der Waals surface area contributed by atoms with Crippen molar-refractivity contribution in [2.75, 3.05) is 13.1 Å². The van der Waals surface area contributed by atoms with Crippen LogP contribution in [0, 0.1) is 0 Å². The zero-order valence-electron chi connectivity index (χ0n) is 10.7. The van der Waals surface area contributed by atoms with Crippen LogP contribution in [-0.2, 0) is 10.0 Å². The van der Waals surface area contributed by atoms with Crippen molar-refractivity contribution in [3.8, 4) is 0 Å². The number of halogens is 1. The number of rotatable bonds is 2. The van der Waals surface area contributed by atoms with Gasteiger partial charge in [-0.05, 0) is 31.4 Å². The Morgan fingerprint density at radius 1 is 1.05 bits per heavy atom. The third kappa shape index (κ3) is 2.94. The molecule has 2 unspecified atom stereocenters. The summed E-state index contributed by atoms with van der Waals surface area (Å²) in [5.74, 6) is 0. The molecule has 1 aromatic rings. The van der Waals surface area contributed by atoms with Crippen LogP contribution in [-0.4, -0.2) is 37.9 Å². The van der Waals surface area contributed by atoms with Gasteiger partial charge >= 0.3 is 0 Å². The van der Waals surface area contributed by atoms with Crippen molar-refractivity contribution in [1.29, 1.82) is 0 Å². The first-order valence-corrected chi connectivity index (χ1v) is 7.91. The highest BCUT2D eigenvalue weighted by atomic mass is 35.5. The van der Waals surface area contributed by atoms with Crippen LogP contribution in [0.1, 0.15) is 19.3 Å². The van der Waals surface area contributed by atoms with Crippen LogP contribution in [0.5, 0.6) is 0 Å². The average molecular weight is 303 g/mol. The molecule has 0 radical (unpaired) electrons. The summed E-state index contributed by atoms with van der Waals surface area (Å²) in [6.45, 7) is 1.24. The quantitative estimate of drug-likeness (QED) is 0.903. The van der Waals surface area contributed by atoms with Crippen LogP contribution in [0.25, 0.3) is 0 Å². The average Bonchev–Trinajstić information content (AvgIpc) is 2.69. The first-order chi connectivity index (χ1) is 8.66. The molecule has 0 aliphatic carbocycles. The standard InChI is InChI=1S/C13H18N2O2S.ClH/c16-18(17,13-4-2-1-3-5-13)15-9-8-11-6-7-12(10-15)14-11;/h1-5,11-12,14H,6-10H2;1H. The minimum atomic E-state index is -3.31. The maximum Gasteiger partial charge on any atom is 0.243 e. The number of benzene rings is 1. The number of hydrogen-bond donors (Lipinski definition) is 1. The van der Waals surface area contributed by atoms with Crippen molar-refractivity contribution in [3.63, 3.8) is 0 Å². The molecule has 2 heterocycles. The van der Waals surface area contributed by atoms with E-state index in [9.17, 15) is 8.42 Å². The van der Waals surface area contributed by atoms with Gasteiger partial charge < -0.3 is 5.32 Å². The monoisotopic (exact) mass is 302 g/mol. The van der Waals surface area contributed by atoms with Crippen molar-refractivity contribution in [1.82, 2.24) is 9.62 Å². The van der Waals surface area contributed by atoms with Crippen molar-refractivity contribution < 1.29 is 8.42 Å². The summed E-state index contributed by atoms with van der Waals surface area (Å²) in [5.41, 5.74) is 0. The second-order valence-electron chi connectivity index (χ2n) is 5.10. The van der Waals surface area contributed by atoms with Crippen molar-refractivity contribution >= 4 is 22.4 Å². The fourth-order valence-corrected chi connectivity index (χ4v) is 4.39. The number of nitrogens with one attached hydrogen (secondary N) is 1. The van der Waals surface area contributed by atoms with Gasteiger partial charge in [-0.2, -0.15) is 4.31 Å². The van der Waals surface area contributed by atoms with Gasteiger partial charge in [0, 0.05) is 25.2 Å². The first kappa shape index (κ1) is 14.8. The normalized spacial score (nSPS) is 27.6. The van der Waals surface area contributed by atoms with Crippen LogP contribution >= 0.6 is 12.4 Å². The Kier molecular flexibility index (Phi) is 4.50. The Morgan fingerprint density at radius 2 is 1.74 bits per heavy atom. The van der Waals surface area contributed by atoms with Gasteiger partial charge in [-0.25, -0.2) is 8.42 Å². The number of hydrogen-bond acceptors (Lipinski definition) is 3. The van der Waals surface area contributed by atoms with Crippen LogP contribution in [0.3, 0.4) is 0 Å². The van der Waals surface area contributed by atoms with Crippen molar-refractivity contribution in [3.05, 3.63) is 30.3 Å². The highest BCUT2D eigenvalue weighted by molar-refractivity contribution is 7.89. The lowest BCUT2D eigenvalue weighted by molar-refractivity contribution is 0.383. The van der Waals surface area contributed by atoms with Gasteiger partial charge in [0.15, 0.2) is 0 Å². The topological polar surface area (TPSA) is 49.4 Å². The molecule has 2 bridgehead atoms. The van der Waals surface area contributed by atoms with E-state index in [1.807, 2.05) is 6.07 Å². The highest BCUT2D eigenvalue weighted by Gasteiger charge is 2.34. The number of sulfonamides is 1. The van der Waals surface area contributed by atoms with E-state index in [2.05, 4.69) is 5.32 Å². The smallest absolute Gasteiger partial charge is 0.243 e. The number of nitrogens with zero attached hydrogens (tertiary/aromatic N) is 1. The van der Waals surface area contributed by atoms with Gasteiger partial charge in [-0.15, -0.1) is 12.4 Å². The fraction of sp³-hybridized carbons (Fsp3) is 0.538. The molecule has 2 atom stereocenters. The summed E-state index contributed by atoms with van der Waals surface area (Å²) in [4.78, 5) is 0.405. The highest BCUT2D eigenvalue weighted by Crippen LogP contribution is 2.24. The summed E-state index contributed by atoms with van der Waals surface area (Å²) in [7, 11) is -3.31. The van der Waals surface area contributed by atoms with E-state index in [4.69, 9.17) is 0 Å². The maximum atomic E-state index is 12.5. The molecule has 1 N–H and O–H groups in total. The van der Waals surface area contributed by atoms with Gasteiger partial charge in [0.05, 0.1) is 4.90 Å². The van der Waals surface area contributed by atoms with E-state index in [0.717, 1.165) is 12.8 Å². The Balaban J connectivity index is 0.00000133. The van der Waals surface area contributed by atoms with Crippen LogP contribution in [0.2, 0.25) is 0 Å². The second-order valence-corrected chi connectivity index (χ2v) is 7.04. The maximum absolute atomic E-state index is 12.5. The lowest BCUT2D eigenvalue weighted by atomic mass is 10.1. The molecular formula is C13H19ClN2O2S. The second kappa shape index (κ2) is 5.79. The lowest BCUT2D eigenvalue weighted by Gasteiger charge is -2.23. The summed E-state index contributed by atoms with van der Waals surface area (Å²) in [6.07, 6.45) is 3.19. The Labute approximate surface area is 120 Å². The zero-order valence-corrected chi connectivity index (χ0v) is 12.3. The fourth-order valence-electron chi connectivity index (χ4n) is 2.87. The van der Waals surface area contributed by atoms with Gasteiger partial charge in [0.25, 0.3) is 0 Å². The predicted molar refractivity (Wildman–Crippen MR) is 77.0 cm³/mol.